The topological polar surface area (TPSA) is 61.8 Å². The lowest BCUT2D eigenvalue weighted by Gasteiger charge is -2.32. The number of nitrogens with two attached hydrogens (primary N) is 1. The van der Waals surface area contributed by atoms with Crippen LogP contribution in [-0.4, -0.2) is 48.4 Å². The maximum atomic E-state index is 10.2. The number of piperidine rings is 1. The van der Waals surface area contributed by atoms with E-state index in [0.717, 1.165) is 37.3 Å². The highest BCUT2D eigenvalue weighted by Gasteiger charge is 2.21. The van der Waals surface area contributed by atoms with Crippen LogP contribution in [0.25, 0.3) is 0 Å². The van der Waals surface area contributed by atoms with Crippen molar-refractivity contribution in [3.8, 4) is 5.75 Å². The van der Waals surface area contributed by atoms with Crippen molar-refractivity contribution in [2.24, 2.45) is 10.7 Å². The van der Waals surface area contributed by atoms with E-state index in [-0.39, 0.29) is 0 Å². The fraction of sp³-hybridized carbons (Fsp3) is 0.409. The fourth-order valence-electron chi connectivity index (χ4n) is 3.70. The minimum atomic E-state index is 0.297. The van der Waals surface area contributed by atoms with Gasteiger partial charge in [0.15, 0.2) is 0 Å². The number of aromatic hydroxyl groups is 1. The molecule has 0 saturated carbocycles. The number of aliphatic imine (C=N–C) groups is 1. The molecule has 2 aromatic carbocycles. The molecule has 1 fully saturated rings. The molecular formula is C22H29N3O. The monoisotopic (exact) mass is 351 g/mol. The quantitative estimate of drug-likeness (QED) is 0.752. The van der Waals surface area contributed by atoms with Crippen LogP contribution in [0.15, 0.2) is 59.6 Å². The van der Waals surface area contributed by atoms with Crippen molar-refractivity contribution in [2.75, 3.05) is 32.7 Å². The van der Waals surface area contributed by atoms with E-state index < -0.39 is 0 Å². The molecular weight excluding hydrogens is 322 g/mol. The third kappa shape index (κ3) is 4.93. The zero-order valence-corrected chi connectivity index (χ0v) is 15.3. The van der Waals surface area contributed by atoms with E-state index in [4.69, 9.17) is 5.73 Å². The number of hydrogen-bond donors (Lipinski definition) is 2. The van der Waals surface area contributed by atoms with Crippen molar-refractivity contribution in [2.45, 2.75) is 25.2 Å². The molecule has 3 rings (SSSR count). The summed E-state index contributed by atoms with van der Waals surface area (Å²) in [5.41, 5.74) is 8.88. The van der Waals surface area contributed by atoms with Gasteiger partial charge in [-0.1, -0.05) is 42.5 Å². The molecule has 1 aliphatic heterocycles. The maximum Gasteiger partial charge on any atom is 0.124 e. The van der Waals surface area contributed by atoms with Gasteiger partial charge in [-0.15, -0.1) is 0 Å². The first-order valence-electron chi connectivity index (χ1n) is 9.57. The van der Waals surface area contributed by atoms with Gasteiger partial charge in [0.1, 0.15) is 5.75 Å². The number of nitrogens with zero attached hydrogens (tertiary/aromatic N) is 2. The summed E-state index contributed by atoms with van der Waals surface area (Å²) < 4.78 is 0. The Morgan fingerprint density at radius 3 is 2.42 bits per heavy atom. The zero-order chi connectivity index (χ0) is 18.2. The van der Waals surface area contributed by atoms with E-state index in [1.807, 2.05) is 18.2 Å². The largest absolute Gasteiger partial charge is 0.507 e. The lowest BCUT2D eigenvalue weighted by molar-refractivity contribution is 0.217. The van der Waals surface area contributed by atoms with Gasteiger partial charge >= 0.3 is 0 Å². The predicted molar refractivity (Wildman–Crippen MR) is 108 cm³/mol. The first-order valence-corrected chi connectivity index (χ1v) is 9.57. The summed E-state index contributed by atoms with van der Waals surface area (Å²) in [4.78, 5) is 7.14. The minimum absolute atomic E-state index is 0.297. The summed E-state index contributed by atoms with van der Waals surface area (Å²) in [6, 6.07) is 18.3. The van der Waals surface area contributed by atoms with Crippen molar-refractivity contribution in [1.82, 2.24) is 4.90 Å². The summed E-state index contributed by atoms with van der Waals surface area (Å²) in [5.74, 6) is 0.974. The Morgan fingerprint density at radius 1 is 1.04 bits per heavy atom. The number of phenolic OH excluding ortho intramolecular Hbond substituents is 1. The smallest absolute Gasteiger partial charge is 0.124 e. The standard InChI is InChI=1S/C22H29N3O/c23-13-14-24-21(20-8-4-5-9-22(20)26)12-17-25-15-10-19(11-16-25)18-6-2-1-3-7-18/h1-9,19,26H,10-17,23H2/b24-21+. The molecule has 1 aliphatic rings. The molecule has 138 valence electrons. The molecule has 0 atom stereocenters. The van der Waals surface area contributed by atoms with Gasteiger partial charge in [0.25, 0.3) is 0 Å². The molecule has 26 heavy (non-hydrogen) atoms. The molecule has 1 heterocycles. The Labute approximate surface area is 156 Å². The van der Waals surface area contributed by atoms with Crippen LogP contribution in [0.1, 0.15) is 36.3 Å². The Balaban J connectivity index is 1.56. The summed E-state index contributed by atoms with van der Waals surface area (Å²) in [6.07, 6.45) is 3.25. The van der Waals surface area contributed by atoms with Gasteiger partial charge in [0.05, 0.1) is 6.54 Å². The van der Waals surface area contributed by atoms with E-state index in [0.29, 0.717) is 24.8 Å². The fourth-order valence-corrected chi connectivity index (χ4v) is 3.70. The Bertz CT molecular complexity index is 706. The lowest BCUT2D eigenvalue weighted by Crippen LogP contribution is -2.34. The normalized spacial score (nSPS) is 16.7. The number of phenols is 1. The molecule has 2 aromatic rings. The first-order chi connectivity index (χ1) is 12.8. The minimum Gasteiger partial charge on any atom is -0.507 e. The lowest BCUT2D eigenvalue weighted by atomic mass is 9.89. The molecule has 0 aromatic heterocycles. The van der Waals surface area contributed by atoms with Gasteiger partial charge in [-0.25, -0.2) is 0 Å². The van der Waals surface area contributed by atoms with Gasteiger partial charge in [0, 0.05) is 30.8 Å². The maximum absolute atomic E-state index is 10.2. The van der Waals surface area contributed by atoms with Crippen molar-refractivity contribution in [3.05, 3.63) is 65.7 Å². The van der Waals surface area contributed by atoms with Crippen LogP contribution < -0.4 is 5.73 Å². The Hall–Kier alpha value is -2.17. The van der Waals surface area contributed by atoms with E-state index in [9.17, 15) is 5.11 Å². The SMILES string of the molecule is NCC/N=C(\CCN1CCC(c2ccccc2)CC1)c1ccccc1O. The summed E-state index contributed by atoms with van der Waals surface area (Å²) in [5, 5.41) is 10.2. The van der Waals surface area contributed by atoms with Crippen LogP contribution in [0.2, 0.25) is 0 Å². The molecule has 4 heteroatoms. The Morgan fingerprint density at radius 2 is 1.73 bits per heavy atom. The highest BCUT2D eigenvalue weighted by Crippen LogP contribution is 2.28. The van der Waals surface area contributed by atoms with E-state index in [1.165, 1.54) is 18.4 Å². The molecule has 0 radical (unpaired) electrons. The van der Waals surface area contributed by atoms with Crippen molar-refractivity contribution < 1.29 is 5.11 Å². The summed E-state index contributed by atoms with van der Waals surface area (Å²) in [6.45, 7) is 4.33. The van der Waals surface area contributed by atoms with E-state index >= 15 is 0 Å². The van der Waals surface area contributed by atoms with Crippen LogP contribution in [0.4, 0.5) is 0 Å². The second-order valence-corrected chi connectivity index (χ2v) is 6.91. The van der Waals surface area contributed by atoms with Crippen molar-refractivity contribution >= 4 is 5.71 Å². The molecule has 1 saturated heterocycles. The molecule has 0 unspecified atom stereocenters. The Kier molecular flexibility index (Phi) is 6.81. The molecule has 0 aliphatic carbocycles. The molecule has 3 N–H and O–H groups in total. The number of hydrogen-bond acceptors (Lipinski definition) is 4. The second kappa shape index (κ2) is 9.51. The average molecular weight is 351 g/mol. The second-order valence-electron chi connectivity index (χ2n) is 6.91. The van der Waals surface area contributed by atoms with Gasteiger partial charge in [0.2, 0.25) is 0 Å². The number of benzene rings is 2. The average Bonchev–Trinajstić information content (AvgIpc) is 2.70. The van der Waals surface area contributed by atoms with Crippen LogP contribution in [0, 0.1) is 0 Å². The van der Waals surface area contributed by atoms with Gasteiger partial charge in [-0.05, 0) is 49.5 Å². The van der Waals surface area contributed by atoms with Gasteiger partial charge < -0.3 is 15.7 Å². The van der Waals surface area contributed by atoms with Crippen LogP contribution in [0.5, 0.6) is 5.75 Å². The highest BCUT2D eigenvalue weighted by molar-refractivity contribution is 6.02. The van der Waals surface area contributed by atoms with Gasteiger partial charge in [-0.3, -0.25) is 4.99 Å². The van der Waals surface area contributed by atoms with Crippen molar-refractivity contribution in [3.63, 3.8) is 0 Å². The first kappa shape index (κ1) is 18.6. The van der Waals surface area contributed by atoms with Crippen LogP contribution >= 0.6 is 0 Å². The molecule has 0 amide bonds. The van der Waals surface area contributed by atoms with E-state index in [2.05, 4.69) is 40.2 Å². The van der Waals surface area contributed by atoms with Crippen LogP contribution in [-0.2, 0) is 0 Å². The molecule has 0 spiro atoms. The third-order valence-electron chi connectivity index (χ3n) is 5.17. The van der Waals surface area contributed by atoms with E-state index in [1.54, 1.807) is 6.07 Å². The third-order valence-corrected chi connectivity index (χ3v) is 5.17. The highest BCUT2D eigenvalue weighted by atomic mass is 16.3. The molecule has 0 bridgehead atoms. The molecule has 4 nitrogen and oxygen atoms in total. The zero-order valence-electron chi connectivity index (χ0n) is 15.3. The summed E-state index contributed by atoms with van der Waals surface area (Å²) in [7, 11) is 0. The predicted octanol–water partition coefficient (Wildman–Crippen LogP) is 3.41. The number of para-hydroxylation sites is 1. The van der Waals surface area contributed by atoms with Crippen LogP contribution in [0.3, 0.4) is 0 Å². The van der Waals surface area contributed by atoms with Crippen molar-refractivity contribution in [1.29, 1.82) is 0 Å². The van der Waals surface area contributed by atoms with Gasteiger partial charge in [-0.2, -0.15) is 0 Å². The number of rotatable bonds is 7. The summed E-state index contributed by atoms with van der Waals surface area (Å²) >= 11 is 0. The number of likely N-dealkylation sites (tertiary alicyclic amines) is 1.